The number of piperidine rings is 1. The first kappa shape index (κ1) is 18.3. The summed E-state index contributed by atoms with van der Waals surface area (Å²) in [5, 5.41) is 0. The van der Waals surface area contributed by atoms with E-state index >= 15 is 0 Å². The van der Waals surface area contributed by atoms with E-state index in [1.54, 1.807) is 34.3 Å². The van der Waals surface area contributed by atoms with Gasteiger partial charge in [-0.05, 0) is 31.4 Å². The number of rotatable bonds is 2. The molecule has 4 heterocycles. The number of hydrogen-bond acceptors (Lipinski definition) is 5. The van der Waals surface area contributed by atoms with Gasteiger partial charge in [-0.1, -0.05) is 0 Å². The monoisotopic (exact) mass is 381 g/mol. The number of H-pyrrole nitrogens is 1. The molecule has 0 radical (unpaired) electrons. The topological polar surface area (TPSA) is 99.3 Å². The number of nitrogens with zero attached hydrogens (tertiary/aromatic N) is 4. The minimum atomic E-state index is -0.259. The van der Waals surface area contributed by atoms with Gasteiger partial charge in [0.25, 0.3) is 11.5 Å². The molecule has 146 valence electrons. The van der Waals surface area contributed by atoms with Gasteiger partial charge in [-0.2, -0.15) is 0 Å². The first-order valence-corrected chi connectivity index (χ1v) is 9.63. The van der Waals surface area contributed by atoms with Crippen LogP contribution in [0.2, 0.25) is 0 Å². The second-order valence-corrected chi connectivity index (χ2v) is 7.32. The molecular formula is C20H23N5O3. The fraction of sp³-hybridized carbons (Fsp3) is 0.450. The smallest absolute Gasteiger partial charge is 0.256 e. The largest absolute Gasteiger partial charge is 0.338 e. The van der Waals surface area contributed by atoms with Crippen molar-refractivity contribution in [1.82, 2.24) is 24.8 Å². The lowest BCUT2D eigenvalue weighted by atomic mass is 9.99. The van der Waals surface area contributed by atoms with E-state index in [0.29, 0.717) is 36.5 Å². The molecule has 2 amide bonds. The molecule has 28 heavy (non-hydrogen) atoms. The maximum atomic E-state index is 13.0. The zero-order valence-electron chi connectivity index (χ0n) is 15.9. The summed E-state index contributed by atoms with van der Waals surface area (Å²) in [5.41, 5.74) is 1.60. The lowest BCUT2D eigenvalue weighted by Gasteiger charge is -2.35. The van der Waals surface area contributed by atoms with E-state index in [9.17, 15) is 14.4 Å². The second kappa shape index (κ2) is 7.53. The van der Waals surface area contributed by atoms with Gasteiger partial charge in [0, 0.05) is 38.8 Å². The number of hydrogen-bond donors (Lipinski definition) is 1. The van der Waals surface area contributed by atoms with Gasteiger partial charge < -0.3 is 14.8 Å². The van der Waals surface area contributed by atoms with Crippen LogP contribution in [0.25, 0.3) is 0 Å². The number of aromatic nitrogens is 3. The molecule has 0 bridgehead atoms. The molecule has 0 aromatic carbocycles. The molecule has 0 aliphatic carbocycles. The molecule has 4 rings (SSSR count). The quantitative estimate of drug-likeness (QED) is 0.849. The molecule has 2 aromatic heterocycles. The van der Waals surface area contributed by atoms with Gasteiger partial charge in [-0.25, -0.2) is 4.98 Å². The Labute approximate surface area is 162 Å². The van der Waals surface area contributed by atoms with Crippen molar-refractivity contribution in [3.63, 3.8) is 0 Å². The van der Waals surface area contributed by atoms with Crippen molar-refractivity contribution in [1.29, 1.82) is 0 Å². The minimum Gasteiger partial charge on any atom is -0.338 e. The van der Waals surface area contributed by atoms with Crippen LogP contribution >= 0.6 is 0 Å². The van der Waals surface area contributed by atoms with Gasteiger partial charge in [0.1, 0.15) is 5.82 Å². The summed E-state index contributed by atoms with van der Waals surface area (Å²) in [4.78, 5) is 52.4. The summed E-state index contributed by atoms with van der Waals surface area (Å²) >= 11 is 0. The fourth-order valence-electron chi connectivity index (χ4n) is 3.98. The summed E-state index contributed by atoms with van der Waals surface area (Å²) < 4.78 is 0. The normalized spacial score (nSPS) is 19.2. The number of carbonyl (C=O) groups excluding carboxylic acids is 2. The summed E-state index contributed by atoms with van der Waals surface area (Å²) in [6.07, 6.45) is 6.40. The van der Waals surface area contributed by atoms with Crippen molar-refractivity contribution >= 4 is 11.8 Å². The highest BCUT2D eigenvalue weighted by molar-refractivity contribution is 5.94. The molecule has 1 N–H and O–H groups in total. The average molecular weight is 381 g/mol. The zero-order chi connectivity index (χ0) is 19.7. The van der Waals surface area contributed by atoms with E-state index in [2.05, 4.69) is 9.97 Å². The van der Waals surface area contributed by atoms with E-state index in [1.807, 2.05) is 0 Å². The average Bonchev–Trinajstić information content (AvgIpc) is 2.73. The SMILES string of the molecule is CC(=O)N1CCc2nc([C@H]3CCCCN3C(=O)c3cccnc3)[nH]c(=O)c2C1. The van der Waals surface area contributed by atoms with Crippen LogP contribution < -0.4 is 5.56 Å². The van der Waals surface area contributed by atoms with Crippen LogP contribution in [0.5, 0.6) is 0 Å². The van der Waals surface area contributed by atoms with Crippen molar-refractivity contribution in [2.45, 2.75) is 45.2 Å². The predicted octanol–water partition coefficient (Wildman–Crippen LogP) is 1.44. The number of nitrogens with one attached hydrogen (secondary N) is 1. The Morgan fingerprint density at radius 2 is 2.11 bits per heavy atom. The Balaban J connectivity index is 1.66. The number of aromatic amines is 1. The zero-order valence-corrected chi connectivity index (χ0v) is 15.9. The van der Waals surface area contributed by atoms with E-state index in [0.717, 1.165) is 25.0 Å². The lowest BCUT2D eigenvalue weighted by molar-refractivity contribution is -0.129. The van der Waals surface area contributed by atoms with Crippen molar-refractivity contribution < 1.29 is 9.59 Å². The Hall–Kier alpha value is -3.03. The standard InChI is InChI=1S/C20H23N5O3/c1-13(26)24-10-7-16-15(12-24)19(27)23-18(22-16)17-6-2-3-9-25(17)20(28)14-5-4-8-21-11-14/h4-5,8,11,17H,2-3,6-7,9-10,12H2,1H3,(H,22,23,27)/t17-/m1/s1. The molecule has 2 aromatic rings. The summed E-state index contributed by atoms with van der Waals surface area (Å²) in [6.45, 7) is 2.97. The molecule has 0 unspecified atom stereocenters. The van der Waals surface area contributed by atoms with Crippen LogP contribution in [0.3, 0.4) is 0 Å². The van der Waals surface area contributed by atoms with E-state index < -0.39 is 0 Å². The number of amides is 2. The highest BCUT2D eigenvalue weighted by Crippen LogP contribution is 2.30. The summed E-state index contributed by atoms with van der Waals surface area (Å²) in [6, 6.07) is 3.23. The van der Waals surface area contributed by atoms with Crippen molar-refractivity contribution in [2.75, 3.05) is 13.1 Å². The molecule has 8 nitrogen and oxygen atoms in total. The van der Waals surface area contributed by atoms with Gasteiger partial charge in [0.05, 0.1) is 29.4 Å². The van der Waals surface area contributed by atoms with Crippen molar-refractivity contribution in [3.8, 4) is 0 Å². The first-order chi connectivity index (χ1) is 13.5. The highest BCUT2D eigenvalue weighted by Gasteiger charge is 2.32. The number of carbonyl (C=O) groups is 2. The third kappa shape index (κ3) is 3.42. The maximum absolute atomic E-state index is 13.0. The van der Waals surface area contributed by atoms with Crippen molar-refractivity contribution in [3.05, 3.63) is 57.5 Å². The minimum absolute atomic E-state index is 0.0466. The van der Waals surface area contributed by atoms with Gasteiger partial charge in [0.15, 0.2) is 0 Å². The number of likely N-dealkylation sites (tertiary alicyclic amines) is 1. The molecule has 0 saturated carbocycles. The van der Waals surface area contributed by atoms with Crippen LogP contribution in [-0.2, 0) is 17.8 Å². The number of fused-ring (bicyclic) bond motifs is 1. The van der Waals surface area contributed by atoms with Crippen molar-refractivity contribution in [2.24, 2.45) is 0 Å². The lowest BCUT2D eigenvalue weighted by Crippen LogP contribution is -2.42. The van der Waals surface area contributed by atoms with Crippen LogP contribution in [0.1, 0.15) is 59.7 Å². The molecule has 0 spiro atoms. The van der Waals surface area contributed by atoms with E-state index in [-0.39, 0.29) is 30.0 Å². The Morgan fingerprint density at radius 3 is 2.86 bits per heavy atom. The van der Waals surface area contributed by atoms with Gasteiger partial charge in [-0.15, -0.1) is 0 Å². The molecule has 1 fully saturated rings. The fourth-order valence-corrected chi connectivity index (χ4v) is 3.98. The molecule has 2 aliphatic heterocycles. The molecule has 2 aliphatic rings. The van der Waals surface area contributed by atoms with Gasteiger partial charge >= 0.3 is 0 Å². The molecule has 1 saturated heterocycles. The van der Waals surface area contributed by atoms with Crippen LogP contribution in [0, 0.1) is 0 Å². The third-order valence-electron chi connectivity index (χ3n) is 5.52. The summed E-state index contributed by atoms with van der Waals surface area (Å²) in [7, 11) is 0. The molecule has 1 atom stereocenters. The van der Waals surface area contributed by atoms with Crippen LogP contribution in [0.15, 0.2) is 29.3 Å². The summed E-state index contributed by atoms with van der Waals surface area (Å²) in [5.74, 6) is 0.396. The third-order valence-corrected chi connectivity index (χ3v) is 5.52. The maximum Gasteiger partial charge on any atom is 0.256 e. The van der Waals surface area contributed by atoms with Crippen LogP contribution in [0.4, 0.5) is 0 Å². The van der Waals surface area contributed by atoms with E-state index in [1.165, 1.54) is 6.92 Å². The van der Waals surface area contributed by atoms with Gasteiger partial charge in [-0.3, -0.25) is 19.4 Å². The van der Waals surface area contributed by atoms with Gasteiger partial charge in [0.2, 0.25) is 5.91 Å². The molecule has 8 heteroatoms. The Kier molecular flexibility index (Phi) is 4.93. The Bertz CT molecular complexity index is 956. The Morgan fingerprint density at radius 1 is 1.25 bits per heavy atom. The predicted molar refractivity (Wildman–Crippen MR) is 102 cm³/mol. The van der Waals surface area contributed by atoms with E-state index in [4.69, 9.17) is 4.98 Å². The second-order valence-electron chi connectivity index (χ2n) is 7.32. The first-order valence-electron chi connectivity index (χ1n) is 9.63. The number of pyridine rings is 1. The van der Waals surface area contributed by atoms with Crippen LogP contribution in [-0.4, -0.2) is 49.7 Å². The molecular weight excluding hydrogens is 358 g/mol. The highest BCUT2D eigenvalue weighted by atomic mass is 16.2.